The summed E-state index contributed by atoms with van der Waals surface area (Å²) in [5.41, 5.74) is 0.949. The number of nitrogen functional groups attached to an aromatic ring is 1. The van der Waals surface area contributed by atoms with Crippen LogP contribution in [0.15, 0.2) is 29.7 Å². The van der Waals surface area contributed by atoms with Crippen LogP contribution in [-0.2, 0) is 4.79 Å². The van der Waals surface area contributed by atoms with Crippen molar-refractivity contribution >= 4 is 17.7 Å². The molecule has 0 bridgehead atoms. The molecule has 0 unspecified atom stereocenters. The van der Waals surface area contributed by atoms with Crippen LogP contribution in [0.4, 0.5) is 0 Å². The summed E-state index contributed by atoms with van der Waals surface area (Å²) < 4.78 is 11.9. The predicted molar refractivity (Wildman–Crippen MR) is 80.0 cm³/mol. The van der Waals surface area contributed by atoms with Gasteiger partial charge in [-0.1, -0.05) is 17.8 Å². The molecule has 0 fully saturated rings. The third-order valence-electron chi connectivity index (χ3n) is 3.15. The first-order chi connectivity index (χ1) is 10.6. The van der Waals surface area contributed by atoms with Crippen molar-refractivity contribution in [1.29, 1.82) is 0 Å². The number of hydrogen-bond acceptors (Lipinski definition) is 7. The van der Waals surface area contributed by atoms with Crippen LogP contribution >= 0.6 is 11.8 Å². The second kappa shape index (κ2) is 6.14. The van der Waals surface area contributed by atoms with E-state index in [1.807, 2.05) is 25.1 Å². The molecule has 1 aromatic heterocycles. The van der Waals surface area contributed by atoms with E-state index in [1.165, 1.54) is 22.8 Å². The van der Waals surface area contributed by atoms with E-state index in [1.54, 1.807) is 0 Å². The van der Waals surface area contributed by atoms with Crippen LogP contribution < -0.4 is 20.6 Å². The van der Waals surface area contributed by atoms with Gasteiger partial charge < -0.3 is 20.6 Å². The molecule has 0 radical (unpaired) electrons. The Hall–Kier alpha value is -2.42. The summed E-state index contributed by atoms with van der Waals surface area (Å²) in [6.07, 6.45) is 1.38. The van der Waals surface area contributed by atoms with Gasteiger partial charge in [-0.3, -0.25) is 4.79 Å². The molecular weight excluding hydrogens is 306 g/mol. The molecule has 2 aromatic rings. The Morgan fingerprint density at radius 2 is 2.32 bits per heavy atom. The quantitative estimate of drug-likeness (QED) is 0.616. The van der Waals surface area contributed by atoms with Crippen molar-refractivity contribution in [3.63, 3.8) is 0 Å². The number of carbonyl (C=O) groups is 1. The summed E-state index contributed by atoms with van der Waals surface area (Å²) >= 11 is 1.23. The molecule has 0 saturated heterocycles. The molecule has 9 heteroatoms. The summed E-state index contributed by atoms with van der Waals surface area (Å²) in [5, 5.41) is 10.9. The lowest BCUT2D eigenvalue weighted by Gasteiger charge is -2.14. The Kier molecular flexibility index (Phi) is 4.05. The van der Waals surface area contributed by atoms with Crippen LogP contribution in [0.1, 0.15) is 18.5 Å². The minimum Gasteiger partial charge on any atom is -0.454 e. The Balaban J connectivity index is 1.56. The molecule has 3 N–H and O–H groups in total. The van der Waals surface area contributed by atoms with Crippen LogP contribution in [0.5, 0.6) is 11.5 Å². The minimum absolute atomic E-state index is 0.113. The maximum absolute atomic E-state index is 12.0. The number of hydrogen-bond donors (Lipinski definition) is 2. The van der Waals surface area contributed by atoms with Crippen molar-refractivity contribution in [3.05, 3.63) is 30.1 Å². The zero-order valence-electron chi connectivity index (χ0n) is 11.9. The first-order valence-electron chi connectivity index (χ1n) is 6.60. The van der Waals surface area contributed by atoms with Gasteiger partial charge in [0.25, 0.3) is 0 Å². The van der Waals surface area contributed by atoms with Gasteiger partial charge in [-0.05, 0) is 24.6 Å². The van der Waals surface area contributed by atoms with E-state index in [2.05, 4.69) is 15.5 Å². The molecule has 2 heterocycles. The van der Waals surface area contributed by atoms with Crippen molar-refractivity contribution in [2.24, 2.45) is 0 Å². The average Bonchev–Trinajstić information content (AvgIpc) is 3.12. The molecule has 1 aliphatic rings. The average molecular weight is 321 g/mol. The maximum atomic E-state index is 12.0. The number of carbonyl (C=O) groups excluding carboxylic acids is 1. The molecule has 3 rings (SSSR count). The standard InChI is InChI=1S/C13H15N5O3S/c1-8(9-2-3-10-11(4-9)21-7-20-10)16-12(19)5-22-13-17-15-6-18(13)14/h2-4,6,8H,5,7,14H2,1H3,(H,16,19)/t8-/m0/s1. The van der Waals surface area contributed by atoms with Crippen molar-refractivity contribution in [1.82, 2.24) is 20.2 Å². The van der Waals surface area contributed by atoms with Gasteiger partial charge in [-0.2, -0.15) is 0 Å². The first kappa shape index (κ1) is 14.5. The molecule has 1 aliphatic heterocycles. The molecule has 8 nitrogen and oxygen atoms in total. The number of fused-ring (bicyclic) bond motifs is 1. The van der Waals surface area contributed by atoms with Gasteiger partial charge in [-0.15, -0.1) is 10.2 Å². The maximum Gasteiger partial charge on any atom is 0.231 e. The van der Waals surface area contributed by atoms with E-state index >= 15 is 0 Å². The van der Waals surface area contributed by atoms with Gasteiger partial charge in [0.1, 0.15) is 6.33 Å². The van der Waals surface area contributed by atoms with Crippen LogP contribution in [0.25, 0.3) is 0 Å². The van der Waals surface area contributed by atoms with Crippen LogP contribution in [0, 0.1) is 0 Å². The number of thioether (sulfide) groups is 1. The molecule has 0 saturated carbocycles. The number of aromatic nitrogens is 3. The second-order valence-electron chi connectivity index (χ2n) is 4.71. The summed E-state index contributed by atoms with van der Waals surface area (Å²) in [6, 6.07) is 5.48. The fraction of sp³-hybridized carbons (Fsp3) is 0.308. The van der Waals surface area contributed by atoms with Gasteiger partial charge >= 0.3 is 0 Å². The fourth-order valence-electron chi connectivity index (χ4n) is 2.01. The Labute approximate surface area is 131 Å². The highest BCUT2D eigenvalue weighted by atomic mass is 32.2. The predicted octanol–water partition coefficient (Wildman–Crippen LogP) is 0.690. The van der Waals surface area contributed by atoms with E-state index in [4.69, 9.17) is 15.3 Å². The largest absolute Gasteiger partial charge is 0.454 e. The number of amides is 1. The topological polar surface area (TPSA) is 104 Å². The van der Waals surface area contributed by atoms with Gasteiger partial charge in [-0.25, -0.2) is 4.68 Å². The van der Waals surface area contributed by atoms with E-state index in [0.717, 1.165) is 11.3 Å². The number of ether oxygens (including phenoxy) is 2. The first-order valence-corrected chi connectivity index (χ1v) is 7.59. The lowest BCUT2D eigenvalue weighted by Crippen LogP contribution is -2.28. The zero-order chi connectivity index (χ0) is 15.5. The van der Waals surface area contributed by atoms with E-state index in [9.17, 15) is 4.79 Å². The fourth-order valence-corrected chi connectivity index (χ4v) is 2.66. The zero-order valence-corrected chi connectivity index (χ0v) is 12.7. The second-order valence-corrected chi connectivity index (χ2v) is 5.65. The SMILES string of the molecule is C[C@H](NC(=O)CSc1nncn1N)c1ccc2c(c1)OCO2. The number of nitrogens with two attached hydrogens (primary N) is 1. The van der Waals surface area contributed by atoms with E-state index in [0.29, 0.717) is 10.9 Å². The van der Waals surface area contributed by atoms with Gasteiger partial charge in [0.15, 0.2) is 11.5 Å². The summed E-state index contributed by atoms with van der Waals surface area (Å²) in [7, 11) is 0. The summed E-state index contributed by atoms with van der Waals surface area (Å²) in [6.45, 7) is 2.14. The highest BCUT2D eigenvalue weighted by molar-refractivity contribution is 7.99. The molecule has 22 heavy (non-hydrogen) atoms. The molecule has 1 amide bonds. The van der Waals surface area contributed by atoms with Gasteiger partial charge in [0.05, 0.1) is 11.8 Å². The third-order valence-corrected chi connectivity index (χ3v) is 4.10. The van der Waals surface area contributed by atoms with Crippen LogP contribution in [-0.4, -0.2) is 33.3 Å². The lowest BCUT2D eigenvalue weighted by molar-refractivity contribution is -0.119. The van der Waals surface area contributed by atoms with Crippen molar-refractivity contribution in [2.45, 2.75) is 18.1 Å². The van der Waals surface area contributed by atoms with Gasteiger partial charge in [0.2, 0.25) is 17.9 Å². The lowest BCUT2D eigenvalue weighted by atomic mass is 10.1. The highest BCUT2D eigenvalue weighted by Crippen LogP contribution is 2.34. The smallest absolute Gasteiger partial charge is 0.231 e. The highest BCUT2D eigenvalue weighted by Gasteiger charge is 2.17. The molecule has 0 aliphatic carbocycles. The number of benzene rings is 1. The molecule has 116 valence electrons. The molecule has 0 spiro atoms. The van der Waals surface area contributed by atoms with Crippen LogP contribution in [0.3, 0.4) is 0 Å². The van der Waals surface area contributed by atoms with Crippen LogP contribution in [0.2, 0.25) is 0 Å². The summed E-state index contributed by atoms with van der Waals surface area (Å²) in [5.74, 6) is 7.11. The van der Waals surface area contributed by atoms with Crippen molar-refractivity contribution in [3.8, 4) is 11.5 Å². The number of rotatable bonds is 5. The van der Waals surface area contributed by atoms with E-state index < -0.39 is 0 Å². The summed E-state index contributed by atoms with van der Waals surface area (Å²) in [4.78, 5) is 12.0. The van der Waals surface area contributed by atoms with E-state index in [-0.39, 0.29) is 24.5 Å². The minimum atomic E-state index is -0.140. The number of nitrogens with zero attached hydrogens (tertiary/aromatic N) is 3. The third kappa shape index (κ3) is 3.08. The van der Waals surface area contributed by atoms with Crippen molar-refractivity contribution in [2.75, 3.05) is 18.4 Å². The monoisotopic (exact) mass is 321 g/mol. The Morgan fingerprint density at radius 1 is 1.50 bits per heavy atom. The molecular formula is C13H15N5O3S. The Bertz CT molecular complexity index is 690. The van der Waals surface area contributed by atoms with Gasteiger partial charge in [0, 0.05) is 0 Å². The number of nitrogens with one attached hydrogen (secondary N) is 1. The van der Waals surface area contributed by atoms with Crippen molar-refractivity contribution < 1.29 is 14.3 Å². The Morgan fingerprint density at radius 3 is 3.09 bits per heavy atom. The normalized spacial score (nSPS) is 13.9. The molecule has 1 atom stereocenters. The molecule has 1 aromatic carbocycles.